The van der Waals surface area contributed by atoms with Crippen molar-refractivity contribution in [3.63, 3.8) is 0 Å². The average Bonchev–Trinajstić information content (AvgIpc) is 2.36. The predicted molar refractivity (Wildman–Crippen MR) is 79.4 cm³/mol. The van der Waals surface area contributed by atoms with Crippen LogP contribution in [-0.4, -0.2) is 40.8 Å². The average molecular weight is 267 g/mol. The third-order valence-electron chi connectivity index (χ3n) is 2.76. The molecule has 1 rings (SSSR count). The first kappa shape index (κ1) is 15.5. The van der Waals surface area contributed by atoms with Crippen molar-refractivity contribution < 1.29 is 5.11 Å². The number of aliphatic hydroxyl groups is 1. The third-order valence-corrected chi connectivity index (χ3v) is 2.76. The maximum absolute atomic E-state index is 8.97. The zero-order chi connectivity index (χ0) is 14.3. The molecule has 6 nitrogen and oxygen atoms in total. The number of aliphatic hydroxyl groups excluding tert-OH is 1. The third kappa shape index (κ3) is 4.90. The summed E-state index contributed by atoms with van der Waals surface area (Å²) >= 11 is 0. The predicted octanol–water partition coefficient (Wildman–Crippen LogP) is 1.48. The Hall–Kier alpha value is -1.56. The van der Waals surface area contributed by atoms with Gasteiger partial charge in [0.15, 0.2) is 0 Å². The van der Waals surface area contributed by atoms with Gasteiger partial charge in [-0.3, -0.25) is 0 Å². The van der Waals surface area contributed by atoms with Crippen molar-refractivity contribution in [2.75, 3.05) is 35.6 Å². The summed E-state index contributed by atoms with van der Waals surface area (Å²) in [5.41, 5.74) is 5.76. The van der Waals surface area contributed by atoms with E-state index in [1.807, 2.05) is 6.07 Å². The Morgan fingerprint density at radius 1 is 1.42 bits per heavy atom. The minimum absolute atomic E-state index is 0.171. The molecule has 0 saturated heterocycles. The molecule has 1 aromatic heterocycles. The summed E-state index contributed by atoms with van der Waals surface area (Å²) in [5, 5.41) is 12.2. The Bertz CT molecular complexity index is 383. The van der Waals surface area contributed by atoms with Gasteiger partial charge in [-0.1, -0.05) is 6.92 Å². The molecule has 0 radical (unpaired) electrons. The van der Waals surface area contributed by atoms with E-state index in [4.69, 9.17) is 10.8 Å². The van der Waals surface area contributed by atoms with Gasteiger partial charge < -0.3 is 21.1 Å². The lowest BCUT2D eigenvalue weighted by Gasteiger charge is -2.28. The summed E-state index contributed by atoms with van der Waals surface area (Å²) in [6.45, 7) is 8.06. The van der Waals surface area contributed by atoms with Gasteiger partial charge in [0.25, 0.3) is 0 Å². The van der Waals surface area contributed by atoms with Crippen LogP contribution in [0.3, 0.4) is 0 Å². The maximum Gasteiger partial charge on any atom is 0.223 e. The fourth-order valence-corrected chi connectivity index (χ4v) is 1.82. The number of hydrogen-bond donors (Lipinski definition) is 3. The van der Waals surface area contributed by atoms with Crippen LogP contribution in [0.4, 0.5) is 17.6 Å². The maximum atomic E-state index is 8.97. The molecule has 19 heavy (non-hydrogen) atoms. The molecule has 0 saturated carbocycles. The second-order valence-electron chi connectivity index (χ2n) is 4.76. The van der Waals surface area contributed by atoms with E-state index < -0.39 is 0 Å². The normalized spacial score (nSPS) is 10.8. The summed E-state index contributed by atoms with van der Waals surface area (Å²) in [5.74, 6) is 1.82. The van der Waals surface area contributed by atoms with E-state index in [1.165, 1.54) is 0 Å². The first-order chi connectivity index (χ1) is 9.08. The number of nitrogens with two attached hydrogens (primary N) is 1. The molecule has 1 heterocycles. The van der Waals surface area contributed by atoms with Crippen LogP contribution >= 0.6 is 0 Å². The largest absolute Gasteiger partial charge is 0.396 e. The lowest BCUT2D eigenvalue weighted by Crippen LogP contribution is -2.33. The summed E-state index contributed by atoms with van der Waals surface area (Å²) in [7, 11) is 0. The minimum Gasteiger partial charge on any atom is -0.396 e. The van der Waals surface area contributed by atoms with Crippen molar-refractivity contribution in [2.24, 2.45) is 0 Å². The molecule has 0 aliphatic heterocycles. The molecular weight excluding hydrogens is 242 g/mol. The quantitative estimate of drug-likeness (QED) is 0.661. The molecule has 108 valence electrons. The molecule has 0 fully saturated rings. The van der Waals surface area contributed by atoms with Crippen LogP contribution in [0.5, 0.6) is 0 Å². The van der Waals surface area contributed by atoms with Crippen LogP contribution < -0.4 is 16.0 Å². The standard InChI is InChI=1S/C13H25N5O/c1-4-6-15-11-9-12(17-13(14)16-11)18(10(2)3)7-5-8-19/h9-10,19H,4-8H2,1-3H3,(H3,14,15,16,17). The second-order valence-corrected chi connectivity index (χ2v) is 4.76. The Morgan fingerprint density at radius 2 is 2.16 bits per heavy atom. The van der Waals surface area contributed by atoms with Crippen molar-refractivity contribution >= 4 is 17.6 Å². The van der Waals surface area contributed by atoms with Crippen molar-refractivity contribution in [2.45, 2.75) is 39.7 Å². The zero-order valence-corrected chi connectivity index (χ0v) is 12.1. The van der Waals surface area contributed by atoms with Crippen LogP contribution in [0.1, 0.15) is 33.6 Å². The molecule has 0 spiro atoms. The molecule has 0 amide bonds. The van der Waals surface area contributed by atoms with Crippen LogP contribution in [-0.2, 0) is 0 Å². The molecule has 4 N–H and O–H groups in total. The van der Waals surface area contributed by atoms with Crippen LogP contribution in [0.25, 0.3) is 0 Å². The smallest absolute Gasteiger partial charge is 0.223 e. The highest BCUT2D eigenvalue weighted by Gasteiger charge is 2.13. The van der Waals surface area contributed by atoms with Crippen LogP contribution in [0.15, 0.2) is 6.07 Å². The van der Waals surface area contributed by atoms with Gasteiger partial charge in [-0.2, -0.15) is 9.97 Å². The summed E-state index contributed by atoms with van der Waals surface area (Å²) in [6.07, 6.45) is 1.73. The molecule has 6 heteroatoms. The Morgan fingerprint density at radius 3 is 2.74 bits per heavy atom. The van der Waals surface area contributed by atoms with Crippen molar-refractivity contribution in [1.29, 1.82) is 0 Å². The Balaban J connectivity index is 2.91. The molecule has 0 aliphatic rings. The van der Waals surface area contributed by atoms with E-state index >= 15 is 0 Å². The monoisotopic (exact) mass is 267 g/mol. The Kier molecular flexibility index (Phi) is 6.35. The SMILES string of the molecule is CCCNc1cc(N(CCCO)C(C)C)nc(N)n1. The second kappa shape index (κ2) is 7.78. The zero-order valence-electron chi connectivity index (χ0n) is 12.1. The molecule has 0 atom stereocenters. The number of anilines is 3. The van der Waals surface area contributed by atoms with Gasteiger partial charge in [0.1, 0.15) is 11.6 Å². The van der Waals surface area contributed by atoms with Crippen LogP contribution in [0.2, 0.25) is 0 Å². The van der Waals surface area contributed by atoms with E-state index in [2.05, 4.69) is 41.0 Å². The molecule has 0 aliphatic carbocycles. The number of rotatable bonds is 8. The summed E-state index contributed by atoms with van der Waals surface area (Å²) < 4.78 is 0. The lowest BCUT2D eigenvalue weighted by molar-refractivity contribution is 0.288. The van der Waals surface area contributed by atoms with Gasteiger partial charge >= 0.3 is 0 Å². The minimum atomic E-state index is 0.171. The van der Waals surface area contributed by atoms with Gasteiger partial charge in [-0.15, -0.1) is 0 Å². The van der Waals surface area contributed by atoms with Crippen LogP contribution in [0, 0.1) is 0 Å². The van der Waals surface area contributed by atoms with E-state index in [1.54, 1.807) is 0 Å². The number of nitrogens with zero attached hydrogens (tertiary/aromatic N) is 3. The first-order valence-electron chi connectivity index (χ1n) is 6.84. The highest BCUT2D eigenvalue weighted by Crippen LogP contribution is 2.19. The summed E-state index contributed by atoms with van der Waals surface area (Å²) in [4.78, 5) is 10.6. The molecular formula is C13H25N5O. The van der Waals surface area contributed by atoms with Gasteiger partial charge in [0.2, 0.25) is 5.95 Å². The van der Waals surface area contributed by atoms with Gasteiger partial charge in [-0.25, -0.2) is 0 Å². The highest BCUT2D eigenvalue weighted by molar-refractivity contribution is 5.53. The van der Waals surface area contributed by atoms with E-state index in [0.717, 1.165) is 31.1 Å². The summed E-state index contributed by atoms with van der Waals surface area (Å²) in [6, 6.07) is 2.20. The van der Waals surface area contributed by atoms with E-state index in [9.17, 15) is 0 Å². The molecule has 0 unspecified atom stereocenters. The topological polar surface area (TPSA) is 87.3 Å². The number of aromatic nitrogens is 2. The first-order valence-corrected chi connectivity index (χ1v) is 6.84. The molecule has 0 bridgehead atoms. The molecule has 0 aromatic carbocycles. The fraction of sp³-hybridized carbons (Fsp3) is 0.692. The van der Waals surface area contributed by atoms with E-state index in [0.29, 0.717) is 12.5 Å². The highest BCUT2D eigenvalue weighted by atomic mass is 16.3. The Labute approximate surface area is 115 Å². The number of hydrogen-bond acceptors (Lipinski definition) is 6. The number of nitrogen functional groups attached to an aromatic ring is 1. The van der Waals surface area contributed by atoms with Crippen molar-refractivity contribution in [3.8, 4) is 0 Å². The van der Waals surface area contributed by atoms with Gasteiger partial charge in [0.05, 0.1) is 0 Å². The lowest BCUT2D eigenvalue weighted by atomic mass is 10.2. The number of nitrogens with one attached hydrogen (secondary N) is 1. The van der Waals surface area contributed by atoms with Gasteiger partial charge in [-0.05, 0) is 26.7 Å². The van der Waals surface area contributed by atoms with E-state index in [-0.39, 0.29) is 12.6 Å². The van der Waals surface area contributed by atoms with Crippen molar-refractivity contribution in [1.82, 2.24) is 9.97 Å². The molecule has 1 aromatic rings. The van der Waals surface area contributed by atoms with Gasteiger partial charge in [0, 0.05) is 31.8 Å². The van der Waals surface area contributed by atoms with Crippen molar-refractivity contribution in [3.05, 3.63) is 6.07 Å². The fourth-order valence-electron chi connectivity index (χ4n) is 1.82.